The summed E-state index contributed by atoms with van der Waals surface area (Å²) in [5.41, 5.74) is 0. The van der Waals surface area contributed by atoms with Gasteiger partial charge in [0.15, 0.2) is 0 Å². The SMILES string of the molecule is CC(C)(C)P(C(C)(C)C)C(C)(C)C.CC(C)(C)P(C(C)(C)C)C(C)(C)C.[Pd+2]. The van der Waals surface area contributed by atoms with Crippen LogP contribution >= 0.6 is 15.8 Å². The van der Waals surface area contributed by atoms with Crippen LogP contribution in [0.5, 0.6) is 0 Å². The second-order valence-corrected chi connectivity index (χ2v) is 23.1. The smallest absolute Gasteiger partial charge is 0.0901 e. The van der Waals surface area contributed by atoms with E-state index in [0.717, 1.165) is 0 Å². The fourth-order valence-corrected chi connectivity index (χ4v) is 18.1. The first-order chi connectivity index (χ1) is 10.7. The summed E-state index contributed by atoms with van der Waals surface area (Å²) in [6.45, 7) is 42.9. The maximum absolute atomic E-state index is 2.38. The Hall–Kier alpha value is 1.52. The van der Waals surface area contributed by atoms with E-state index in [1.54, 1.807) is 0 Å². The van der Waals surface area contributed by atoms with Gasteiger partial charge in [-0.2, -0.15) is 0 Å². The van der Waals surface area contributed by atoms with Crippen molar-refractivity contribution in [2.24, 2.45) is 0 Å². The minimum absolute atomic E-state index is 0. The van der Waals surface area contributed by atoms with E-state index in [2.05, 4.69) is 125 Å². The first kappa shape index (κ1) is 33.2. The summed E-state index contributed by atoms with van der Waals surface area (Å²) in [6, 6.07) is 0. The van der Waals surface area contributed by atoms with Crippen molar-refractivity contribution in [3.8, 4) is 0 Å². The summed E-state index contributed by atoms with van der Waals surface area (Å²) in [5, 5.41) is 2.70. The first-order valence-electron chi connectivity index (χ1n) is 10.3. The molecule has 27 heavy (non-hydrogen) atoms. The van der Waals surface area contributed by atoms with Gasteiger partial charge in [-0.25, -0.2) is 0 Å². The molecule has 0 bridgehead atoms. The monoisotopic (exact) mass is 510 g/mol. The third kappa shape index (κ3) is 12.7. The molecular formula is C24H54P2Pd+2. The van der Waals surface area contributed by atoms with Crippen molar-refractivity contribution < 1.29 is 20.4 Å². The Bertz CT molecular complexity index is 304. The van der Waals surface area contributed by atoms with Gasteiger partial charge in [0, 0.05) is 0 Å². The van der Waals surface area contributed by atoms with Gasteiger partial charge in [-0.05, 0) is 30.9 Å². The molecule has 0 saturated heterocycles. The molecule has 0 aliphatic heterocycles. The van der Waals surface area contributed by atoms with Crippen LogP contribution < -0.4 is 0 Å². The molecule has 0 fully saturated rings. The van der Waals surface area contributed by atoms with E-state index in [-0.39, 0.29) is 36.3 Å². The van der Waals surface area contributed by atoms with Gasteiger partial charge in [-0.15, -0.1) is 0 Å². The third-order valence-corrected chi connectivity index (χ3v) is 12.1. The van der Waals surface area contributed by atoms with E-state index in [0.29, 0.717) is 30.9 Å². The fourth-order valence-electron chi connectivity index (χ4n) is 6.04. The Morgan fingerprint density at radius 2 is 0.333 bits per heavy atom. The van der Waals surface area contributed by atoms with Crippen LogP contribution in [0.25, 0.3) is 0 Å². The predicted molar refractivity (Wildman–Crippen MR) is 132 cm³/mol. The van der Waals surface area contributed by atoms with Crippen molar-refractivity contribution in [3.05, 3.63) is 0 Å². The number of rotatable bonds is 0. The van der Waals surface area contributed by atoms with Gasteiger partial charge in [-0.3, -0.25) is 0 Å². The normalized spacial score (nSPS) is 14.7. The molecule has 0 saturated carbocycles. The second-order valence-electron chi connectivity index (χ2n) is 13.7. The van der Waals surface area contributed by atoms with Crippen molar-refractivity contribution in [2.45, 2.75) is 156 Å². The van der Waals surface area contributed by atoms with Crippen molar-refractivity contribution in [1.82, 2.24) is 0 Å². The van der Waals surface area contributed by atoms with Crippen LogP contribution in [0.1, 0.15) is 125 Å². The van der Waals surface area contributed by atoms with Gasteiger partial charge < -0.3 is 0 Å². The summed E-state index contributed by atoms with van der Waals surface area (Å²) in [4.78, 5) is 0. The predicted octanol–water partition coefficient (Wildman–Crippen LogP) is 9.73. The van der Waals surface area contributed by atoms with Crippen LogP contribution in [0.4, 0.5) is 0 Å². The van der Waals surface area contributed by atoms with Crippen molar-refractivity contribution in [3.63, 3.8) is 0 Å². The minimum atomic E-state index is 0. The summed E-state index contributed by atoms with van der Waals surface area (Å²) in [6.07, 6.45) is 0. The summed E-state index contributed by atoms with van der Waals surface area (Å²) >= 11 is 0. The maximum atomic E-state index is 2.38. The van der Waals surface area contributed by atoms with Crippen molar-refractivity contribution in [2.75, 3.05) is 0 Å². The average Bonchev–Trinajstić information content (AvgIpc) is 1.97. The molecule has 0 nitrogen and oxygen atoms in total. The van der Waals surface area contributed by atoms with Gasteiger partial charge >= 0.3 is 20.4 Å². The van der Waals surface area contributed by atoms with Crippen LogP contribution in [0.2, 0.25) is 0 Å². The maximum Gasteiger partial charge on any atom is 2.00 e. The zero-order valence-corrected chi connectivity index (χ0v) is 25.6. The van der Waals surface area contributed by atoms with E-state index in [4.69, 9.17) is 0 Å². The molecule has 0 aliphatic carbocycles. The Morgan fingerprint density at radius 3 is 0.333 bits per heavy atom. The Kier molecular flexibility index (Phi) is 12.6. The van der Waals surface area contributed by atoms with E-state index in [1.807, 2.05) is 0 Å². The van der Waals surface area contributed by atoms with E-state index in [9.17, 15) is 0 Å². The van der Waals surface area contributed by atoms with Crippen LogP contribution in [-0.2, 0) is 20.4 Å². The molecule has 0 aliphatic rings. The summed E-state index contributed by atoms with van der Waals surface area (Å²) in [7, 11) is 0.0324. The Morgan fingerprint density at radius 1 is 0.259 bits per heavy atom. The molecule has 3 heteroatoms. The van der Waals surface area contributed by atoms with Crippen LogP contribution in [0.3, 0.4) is 0 Å². The molecule has 0 heterocycles. The Labute approximate surface area is 191 Å². The zero-order chi connectivity index (χ0) is 22.2. The molecule has 0 aromatic heterocycles. The van der Waals surface area contributed by atoms with Crippen LogP contribution in [-0.4, -0.2) is 30.9 Å². The largest absolute Gasteiger partial charge is 2.00 e. The van der Waals surface area contributed by atoms with Gasteiger partial charge in [-0.1, -0.05) is 140 Å². The first-order valence-corrected chi connectivity index (χ1v) is 13.0. The van der Waals surface area contributed by atoms with Crippen LogP contribution in [0.15, 0.2) is 0 Å². The third-order valence-electron chi connectivity index (χ3n) is 4.02. The molecule has 168 valence electrons. The molecule has 0 atom stereocenters. The molecule has 0 N–H and O–H groups in total. The van der Waals surface area contributed by atoms with Gasteiger partial charge in [0.05, 0.1) is 0 Å². The Balaban J connectivity index is -0.000000411. The van der Waals surface area contributed by atoms with Gasteiger partial charge in [0.1, 0.15) is 0 Å². The average molecular weight is 511 g/mol. The molecule has 0 radical (unpaired) electrons. The van der Waals surface area contributed by atoms with E-state index in [1.165, 1.54) is 0 Å². The molecule has 0 aromatic carbocycles. The summed E-state index contributed by atoms with van der Waals surface area (Å²) in [5.74, 6) is 0. The molecule has 0 spiro atoms. The molecule has 0 unspecified atom stereocenters. The van der Waals surface area contributed by atoms with Gasteiger partial charge in [0.25, 0.3) is 0 Å². The fraction of sp³-hybridized carbons (Fsp3) is 1.00. The number of hydrogen-bond donors (Lipinski definition) is 0. The second kappa shape index (κ2) is 10.2. The minimum Gasteiger partial charge on any atom is -0.0901 e. The quantitative estimate of drug-likeness (QED) is 0.225. The van der Waals surface area contributed by atoms with Gasteiger partial charge in [0.2, 0.25) is 0 Å². The molecular weight excluding hydrogens is 457 g/mol. The zero-order valence-electron chi connectivity index (χ0n) is 22.2. The molecule has 0 amide bonds. The van der Waals surface area contributed by atoms with Crippen LogP contribution in [0, 0.1) is 0 Å². The summed E-state index contributed by atoms with van der Waals surface area (Å²) < 4.78 is 0. The molecule has 0 aromatic rings. The van der Waals surface area contributed by atoms with Crippen molar-refractivity contribution >= 4 is 15.8 Å². The van der Waals surface area contributed by atoms with Crippen molar-refractivity contribution in [1.29, 1.82) is 0 Å². The van der Waals surface area contributed by atoms with E-state index < -0.39 is 0 Å². The standard InChI is InChI=1S/2C12H27P.Pd/c2*1-10(2,3)13(11(4,5)6)12(7,8)9;/h2*1-9H3;/q;;+2. The topological polar surface area (TPSA) is 0 Å². The molecule has 0 rings (SSSR count). The van der Waals surface area contributed by atoms with E-state index >= 15 is 0 Å². The number of hydrogen-bond acceptors (Lipinski definition) is 0.